The number of aromatic nitrogens is 4. The number of nitrogens with zero attached hydrogens (tertiary/aromatic N) is 3. The van der Waals surface area contributed by atoms with Gasteiger partial charge in [0.1, 0.15) is 5.39 Å². The third-order valence-corrected chi connectivity index (χ3v) is 2.58. The number of hydrogen-bond acceptors (Lipinski definition) is 5. The molecule has 6 nitrogen and oxygen atoms in total. The Balaban J connectivity index is 2.14. The minimum absolute atomic E-state index is 0.194. The SMILES string of the molecule is CCCC(C)COc1nc(N)nc2[nH]ncc12. The summed E-state index contributed by atoms with van der Waals surface area (Å²) in [4.78, 5) is 8.12. The normalized spacial score (nSPS) is 12.8. The number of anilines is 1. The van der Waals surface area contributed by atoms with Gasteiger partial charge in [0.15, 0.2) is 5.65 Å². The first-order chi connectivity index (χ1) is 8.20. The summed E-state index contributed by atoms with van der Waals surface area (Å²) in [6.45, 7) is 4.94. The van der Waals surface area contributed by atoms with Crippen molar-refractivity contribution in [2.45, 2.75) is 26.7 Å². The summed E-state index contributed by atoms with van der Waals surface area (Å²) in [5, 5.41) is 7.42. The summed E-state index contributed by atoms with van der Waals surface area (Å²) in [5.74, 6) is 1.20. The molecule has 2 heterocycles. The van der Waals surface area contributed by atoms with E-state index in [-0.39, 0.29) is 5.95 Å². The fourth-order valence-electron chi connectivity index (χ4n) is 1.73. The van der Waals surface area contributed by atoms with Gasteiger partial charge >= 0.3 is 0 Å². The summed E-state index contributed by atoms with van der Waals surface area (Å²) in [6.07, 6.45) is 3.93. The third kappa shape index (κ3) is 2.64. The van der Waals surface area contributed by atoms with Crippen LogP contribution in [0.2, 0.25) is 0 Å². The van der Waals surface area contributed by atoms with E-state index in [1.54, 1.807) is 6.20 Å². The van der Waals surface area contributed by atoms with E-state index in [4.69, 9.17) is 10.5 Å². The fourth-order valence-corrected chi connectivity index (χ4v) is 1.73. The minimum atomic E-state index is 0.194. The predicted octanol–water partition coefficient (Wildman–Crippen LogP) is 1.75. The van der Waals surface area contributed by atoms with Gasteiger partial charge in [-0.3, -0.25) is 5.10 Å². The standard InChI is InChI=1S/C11H17N5O/c1-3-4-7(2)6-17-10-8-5-13-16-9(8)14-11(12)15-10/h5,7H,3-4,6H2,1-2H3,(H3,12,13,14,15,16). The Kier molecular flexibility index (Phi) is 3.41. The first kappa shape index (κ1) is 11.6. The average molecular weight is 235 g/mol. The van der Waals surface area contributed by atoms with E-state index in [2.05, 4.69) is 34.0 Å². The molecule has 1 atom stereocenters. The monoisotopic (exact) mass is 235 g/mol. The number of nitrogens with one attached hydrogen (secondary N) is 1. The van der Waals surface area contributed by atoms with Gasteiger partial charge in [-0.1, -0.05) is 20.3 Å². The molecular weight excluding hydrogens is 218 g/mol. The Bertz CT molecular complexity index is 496. The highest BCUT2D eigenvalue weighted by Crippen LogP contribution is 2.21. The molecule has 3 N–H and O–H groups in total. The van der Waals surface area contributed by atoms with Crippen molar-refractivity contribution in [1.82, 2.24) is 20.2 Å². The quantitative estimate of drug-likeness (QED) is 0.824. The van der Waals surface area contributed by atoms with Gasteiger partial charge < -0.3 is 10.5 Å². The molecule has 17 heavy (non-hydrogen) atoms. The molecule has 0 saturated heterocycles. The molecule has 6 heteroatoms. The second-order valence-corrected chi connectivity index (χ2v) is 4.22. The van der Waals surface area contributed by atoms with Crippen LogP contribution in [0.5, 0.6) is 5.88 Å². The van der Waals surface area contributed by atoms with Crippen molar-refractivity contribution in [3.05, 3.63) is 6.20 Å². The zero-order chi connectivity index (χ0) is 12.3. The van der Waals surface area contributed by atoms with E-state index in [0.717, 1.165) is 18.2 Å². The van der Waals surface area contributed by atoms with Crippen LogP contribution in [0.25, 0.3) is 11.0 Å². The van der Waals surface area contributed by atoms with Crippen molar-refractivity contribution >= 4 is 17.0 Å². The highest BCUT2D eigenvalue weighted by atomic mass is 16.5. The molecule has 0 fully saturated rings. The molecule has 0 bridgehead atoms. The molecule has 0 saturated carbocycles. The number of nitrogen functional groups attached to an aromatic ring is 1. The van der Waals surface area contributed by atoms with Crippen molar-refractivity contribution in [3.8, 4) is 5.88 Å². The Morgan fingerprint density at radius 1 is 1.47 bits per heavy atom. The van der Waals surface area contributed by atoms with Gasteiger partial charge in [-0.15, -0.1) is 0 Å². The van der Waals surface area contributed by atoms with E-state index in [1.807, 2.05) is 0 Å². The maximum Gasteiger partial charge on any atom is 0.229 e. The molecular formula is C11H17N5O. The second-order valence-electron chi connectivity index (χ2n) is 4.22. The lowest BCUT2D eigenvalue weighted by Crippen LogP contribution is -2.10. The van der Waals surface area contributed by atoms with Crippen molar-refractivity contribution < 1.29 is 4.74 Å². The number of fused-ring (bicyclic) bond motifs is 1. The van der Waals surface area contributed by atoms with Crippen molar-refractivity contribution in [2.75, 3.05) is 12.3 Å². The molecule has 2 rings (SSSR count). The van der Waals surface area contributed by atoms with E-state index < -0.39 is 0 Å². The van der Waals surface area contributed by atoms with Crippen LogP contribution in [0.15, 0.2) is 6.20 Å². The van der Waals surface area contributed by atoms with Gasteiger partial charge in [0, 0.05) is 0 Å². The van der Waals surface area contributed by atoms with Crippen LogP contribution in [0.3, 0.4) is 0 Å². The molecule has 0 aromatic carbocycles. The van der Waals surface area contributed by atoms with Gasteiger partial charge in [0.25, 0.3) is 0 Å². The number of hydrogen-bond donors (Lipinski definition) is 2. The van der Waals surface area contributed by atoms with Crippen LogP contribution in [0.4, 0.5) is 5.95 Å². The van der Waals surface area contributed by atoms with Gasteiger partial charge in [-0.05, 0) is 12.3 Å². The van der Waals surface area contributed by atoms with Gasteiger partial charge in [0.2, 0.25) is 11.8 Å². The van der Waals surface area contributed by atoms with Crippen molar-refractivity contribution in [3.63, 3.8) is 0 Å². The Hall–Kier alpha value is -1.85. The number of H-pyrrole nitrogens is 1. The molecule has 92 valence electrons. The van der Waals surface area contributed by atoms with Crippen molar-refractivity contribution in [1.29, 1.82) is 0 Å². The lowest BCUT2D eigenvalue weighted by atomic mass is 10.1. The van der Waals surface area contributed by atoms with Gasteiger partial charge in [-0.25, -0.2) is 0 Å². The first-order valence-corrected chi connectivity index (χ1v) is 5.80. The van der Waals surface area contributed by atoms with Crippen LogP contribution in [-0.2, 0) is 0 Å². The molecule has 0 aliphatic heterocycles. The Morgan fingerprint density at radius 3 is 3.06 bits per heavy atom. The molecule has 0 radical (unpaired) electrons. The number of nitrogens with two attached hydrogens (primary N) is 1. The van der Waals surface area contributed by atoms with E-state index in [0.29, 0.717) is 24.1 Å². The number of aromatic amines is 1. The number of ether oxygens (including phenoxy) is 1. The van der Waals surface area contributed by atoms with Crippen LogP contribution < -0.4 is 10.5 Å². The zero-order valence-electron chi connectivity index (χ0n) is 10.1. The summed E-state index contributed by atoms with van der Waals surface area (Å²) in [6, 6.07) is 0. The van der Waals surface area contributed by atoms with Crippen molar-refractivity contribution in [2.24, 2.45) is 5.92 Å². The number of rotatable bonds is 5. The highest BCUT2D eigenvalue weighted by molar-refractivity contribution is 5.80. The van der Waals surface area contributed by atoms with Crippen LogP contribution >= 0.6 is 0 Å². The predicted molar refractivity (Wildman–Crippen MR) is 65.7 cm³/mol. The summed E-state index contributed by atoms with van der Waals surface area (Å²) < 4.78 is 5.68. The molecule has 0 spiro atoms. The lowest BCUT2D eigenvalue weighted by Gasteiger charge is -2.11. The molecule has 2 aromatic rings. The van der Waals surface area contributed by atoms with E-state index in [1.165, 1.54) is 0 Å². The maximum absolute atomic E-state index is 5.68. The average Bonchev–Trinajstić information content (AvgIpc) is 2.74. The Labute approximate surface area is 99.6 Å². The zero-order valence-corrected chi connectivity index (χ0v) is 10.1. The van der Waals surface area contributed by atoms with Gasteiger partial charge in [-0.2, -0.15) is 15.1 Å². The Morgan fingerprint density at radius 2 is 2.29 bits per heavy atom. The summed E-state index contributed by atoms with van der Waals surface area (Å²) in [5.41, 5.74) is 6.21. The highest BCUT2D eigenvalue weighted by Gasteiger charge is 2.10. The fraction of sp³-hybridized carbons (Fsp3) is 0.545. The molecule has 0 aliphatic carbocycles. The largest absolute Gasteiger partial charge is 0.477 e. The molecule has 2 aromatic heterocycles. The topological polar surface area (TPSA) is 89.7 Å². The van der Waals surface area contributed by atoms with Crippen LogP contribution in [0, 0.1) is 5.92 Å². The summed E-state index contributed by atoms with van der Waals surface area (Å²) >= 11 is 0. The third-order valence-electron chi connectivity index (χ3n) is 2.58. The van der Waals surface area contributed by atoms with Crippen LogP contribution in [0.1, 0.15) is 26.7 Å². The summed E-state index contributed by atoms with van der Waals surface area (Å²) in [7, 11) is 0. The minimum Gasteiger partial charge on any atom is -0.477 e. The molecule has 0 amide bonds. The van der Waals surface area contributed by atoms with E-state index >= 15 is 0 Å². The smallest absolute Gasteiger partial charge is 0.229 e. The molecule has 1 unspecified atom stereocenters. The molecule has 0 aliphatic rings. The maximum atomic E-state index is 5.68. The van der Waals surface area contributed by atoms with E-state index in [9.17, 15) is 0 Å². The van der Waals surface area contributed by atoms with Gasteiger partial charge in [0.05, 0.1) is 12.8 Å². The second kappa shape index (κ2) is 4.99. The lowest BCUT2D eigenvalue weighted by molar-refractivity contribution is 0.246. The first-order valence-electron chi connectivity index (χ1n) is 5.80. The van der Waals surface area contributed by atoms with Crippen LogP contribution in [-0.4, -0.2) is 26.8 Å².